The fourth-order valence-electron chi connectivity index (χ4n) is 0.420. The van der Waals surface area contributed by atoms with Crippen molar-refractivity contribution in [2.45, 2.75) is 19.1 Å². The van der Waals surface area contributed by atoms with E-state index in [1.165, 1.54) is 11.8 Å². The number of rotatable bonds is 2. The molecule has 0 aromatic carbocycles. The van der Waals surface area contributed by atoms with Gasteiger partial charge in [-0.15, -0.1) is 12.6 Å². The van der Waals surface area contributed by atoms with Crippen LogP contribution in [0.15, 0.2) is 0 Å². The lowest BCUT2D eigenvalue weighted by molar-refractivity contribution is 0.687. The summed E-state index contributed by atoms with van der Waals surface area (Å²) in [5, 5.41) is 8.53. The van der Waals surface area contributed by atoms with Crippen LogP contribution in [0.25, 0.3) is 0 Å². The number of thioether (sulfide) groups is 1. The summed E-state index contributed by atoms with van der Waals surface area (Å²) in [6.07, 6.45) is 0. The minimum atomic E-state index is -0.0509. The van der Waals surface area contributed by atoms with Gasteiger partial charge in [0.2, 0.25) is 0 Å². The molecule has 4 heteroatoms. The number of hydrogen-bond donors (Lipinski definition) is 1. The van der Waals surface area contributed by atoms with E-state index in [1.54, 1.807) is 0 Å². The van der Waals surface area contributed by atoms with Crippen LogP contribution in [0.2, 0.25) is 0 Å². The standard InChI is InChI=1S/C6H9NS3/c1-4(2)5(3-7)10-6(8)9/h4-5H,1-2H3,(H,8,9). The molecule has 0 heterocycles. The fraction of sp³-hybridized carbons (Fsp3) is 0.667. The van der Waals surface area contributed by atoms with Gasteiger partial charge in [0.15, 0.2) is 0 Å². The molecule has 1 nitrogen and oxygen atoms in total. The summed E-state index contributed by atoms with van der Waals surface area (Å²) in [5.74, 6) is 0.333. The zero-order valence-electron chi connectivity index (χ0n) is 5.87. The van der Waals surface area contributed by atoms with E-state index in [-0.39, 0.29) is 5.25 Å². The monoisotopic (exact) mass is 191 g/mol. The van der Waals surface area contributed by atoms with Gasteiger partial charge in [0.25, 0.3) is 0 Å². The van der Waals surface area contributed by atoms with Crippen LogP contribution < -0.4 is 0 Å². The number of hydrogen-bond acceptors (Lipinski definition) is 3. The Kier molecular flexibility index (Phi) is 5.14. The van der Waals surface area contributed by atoms with Crippen LogP contribution in [0.1, 0.15) is 13.8 Å². The highest BCUT2D eigenvalue weighted by molar-refractivity contribution is 8.41. The summed E-state index contributed by atoms with van der Waals surface area (Å²) in [6.45, 7) is 3.99. The molecular formula is C6H9NS3. The minimum absolute atomic E-state index is 0.0509. The lowest BCUT2D eigenvalue weighted by Gasteiger charge is -2.09. The Labute approximate surface area is 76.6 Å². The molecule has 1 atom stereocenters. The average molecular weight is 191 g/mol. The van der Waals surface area contributed by atoms with Crippen LogP contribution in [0.3, 0.4) is 0 Å². The SMILES string of the molecule is CC(C)C(C#N)SC(=S)S. The molecule has 0 bridgehead atoms. The van der Waals surface area contributed by atoms with Crippen molar-refractivity contribution in [1.82, 2.24) is 0 Å². The number of nitrogens with zero attached hydrogens (tertiary/aromatic N) is 1. The van der Waals surface area contributed by atoms with Crippen molar-refractivity contribution in [1.29, 1.82) is 5.26 Å². The topological polar surface area (TPSA) is 23.8 Å². The zero-order chi connectivity index (χ0) is 8.15. The molecule has 0 aliphatic rings. The van der Waals surface area contributed by atoms with Gasteiger partial charge in [0, 0.05) is 0 Å². The van der Waals surface area contributed by atoms with E-state index in [9.17, 15) is 0 Å². The molecule has 0 aliphatic heterocycles. The first-order valence-electron chi connectivity index (χ1n) is 2.87. The van der Waals surface area contributed by atoms with Crippen molar-refractivity contribution in [2.75, 3.05) is 0 Å². The summed E-state index contributed by atoms with van der Waals surface area (Å²) < 4.78 is 0.542. The van der Waals surface area contributed by atoms with Crippen molar-refractivity contribution in [3.63, 3.8) is 0 Å². The third-order valence-electron chi connectivity index (χ3n) is 0.961. The molecule has 0 fully saturated rings. The van der Waals surface area contributed by atoms with Gasteiger partial charge in [-0.3, -0.25) is 0 Å². The highest BCUT2D eigenvalue weighted by Gasteiger charge is 2.13. The molecule has 0 aliphatic carbocycles. The van der Waals surface area contributed by atoms with Gasteiger partial charge in [-0.2, -0.15) is 5.26 Å². The van der Waals surface area contributed by atoms with Gasteiger partial charge in [0.05, 0.1) is 11.3 Å². The lowest BCUT2D eigenvalue weighted by Crippen LogP contribution is -2.08. The van der Waals surface area contributed by atoms with Crippen molar-refractivity contribution in [3.05, 3.63) is 0 Å². The normalized spacial score (nSPS) is 12.7. The second kappa shape index (κ2) is 5.00. The molecule has 0 radical (unpaired) electrons. The number of nitriles is 1. The van der Waals surface area contributed by atoms with E-state index in [2.05, 4.69) is 18.7 Å². The van der Waals surface area contributed by atoms with E-state index in [4.69, 9.17) is 17.5 Å². The van der Waals surface area contributed by atoms with Crippen molar-refractivity contribution >= 4 is 40.1 Å². The Morgan fingerprint density at radius 1 is 1.70 bits per heavy atom. The van der Waals surface area contributed by atoms with Crippen molar-refractivity contribution in [2.24, 2.45) is 5.92 Å². The minimum Gasteiger partial charge on any atom is -0.197 e. The second-order valence-corrected chi connectivity index (χ2v) is 5.05. The lowest BCUT2D eigenvalue weighted by atomic mass is 10.1. The molecule has 0 aromatic rings. The van der Waals surface area contributed by atoms with E-state index in [0.717, 1.165) is 0 Å². The maximum Gasteiger partial charge on any atom is 0.102 e. The van der Waals surface area contributed by atoms with Gasteiger partial charge in [0.1, 0.15) is 3.53 Å². The smallest absolute Gasteiger partial charge is 0.102 e. The number of thiol groups is 1. The summed E-state index contributed by atoms with van der Waals surface area (Å²) in [6, 6.07) is 2.16. The molecule has 0 rings (SSSR count). The van der Waals surface area contributed by atoms with Crippen molar-refractivity contribution < 1.29 is 0 Å². The van der Waals surface area contributed by atoms with E-state index in [1.807, 2.05) is 13.8 Å². The fourth-order valence-corrected chi connectivity index (χ4v) is 1.61. The first kappa shape index (κ1) is 10.3. The molecule has 0 amide bonds. The van der Waals surface area contributed by atoms with Gasteiger partial charge < -0.3 is 0 Å². The molecule has 10 heavy (non-hydrogen) atoms. The van der Waals surface area contributed by atoms with Gasteiger partial charge >= 0.3 is 0 Å². The van der Waals surface area contributed by atoms with E-state index < -0.39 is 0 Å². The third-order valence-corrected chi connectivity index (χ3v) is 2.67. The summed E-state index contributed by atoms with van der Waals surface area (Å²) in [4.78, 5) is 0. The Morgan fingerprint density at radius 2 is 2.20 bits per heavy atom. The zero-order valence-corrected chi connectivity index (χ0v) is 8.39. The average Bonchev–Trinajstić information content (AvgIpc) is 1.81. The molecular weight excluding hydrogens is 182 g/mol. The van der Waals surface area contributed by atoms with Crippen LogP contribution in [0.4, 0.5) is 0 Å². The molecule has 0 saturated heterocycles. The predicted molar refractivity (Wildman–Crippen MR) is 53.4 cm³/mol. The maximum atomic E-state index is 8.58. The Balaban J connectivity index is 3.87. The number of thiocarbonyl (C=S) groups is 1. The highest BCUT2D eigenvalue weighted by Crippen LogP contribution is 2.21. The van der Waals surface area contributed by atoms with Gasteiger partial charge in [-0.05, 0) is 5.92 Å². The van der Waals surface area contributed by atoms with Crippen molar-refractivity contribution in [3.8, 4) is 6.07 Å². The van der Waals surface area contributed by atoms with Gasteiger partial charge in [-0.25, -0.2) is 0 Å². The molecule has 0 N–H and O–H groups in total. The summed E-state index contributed by atoms with van der Waals surface area (Å²) in [5.41, 5.74) is 0. The quantitative estimate of drug-likeness (QED) is 0.536. The molecule has 1 unspecified atom stereocenters. The van der Waals surface area contributed by atoms with Crippen LogP contribution >= 0.6 is 36.6 Å². The van der Waals surface area contributed by atoms with E-state index in [0.29, 0.717) is 9.45 Å². The third kappa shape index (κ3) is 4.15. The van der Waals surface area contributed by atoms with Crippen LogP contribution in [0.5, 0.6) is 0 Å². The Bertz CT molecular complexity index is 159. The molecule has 56 valence electrons. The van der Waals surface area contributed by atoms with Gasteiger partial charge in [-0.1, -0.05) is 37.8 Å². The first-order valence-corrected chi connectivity index (χ1v) is 4.60. The molecule has 0 aromatic heterocycles. The Hall–Kier alpha value is 0.280. The molecule has 0 saturated carbocycles. The van der Waals surface area contributed by atoms with Crippen LogP contribution in [0, 0.1) is 17.2 Å². The van der Waals surface area contributed by atoms with Crippen LogP contribution in [-0.4, -0.2) is 8.78 Å². The Morgan fingerprint density at radius 3 is 2.30 bits per heavy atom. The largest absolute Gasteiger partial charge is 0.197 e. The summed E-state index contributed by atoms with van der Waals surface area (Å²) in [7, 11) is 0. The predicted octanol–water partition coefficient (Wildman–Crippen LogP) is 2.48. The second-order valence-electron chi connectivity index (χ2n) is 2.18. The maximum absolute atomic E-state index is 8.58. The van der Waals surface area contributed by atoms with Crippen LogP contribution in [-0.2, 0) is 0 Å². The van der Waals surface area contributed by atoms with E-state index >= 15 is 0 Å². The summed E-state index contributed by atoms with van der Waals surface area (Å²) >= 11 is 10.0. The first-order chi connectivity index (χ1) is 4.57. The highest BCUT2D eigenvalue weighted by atomic mass is 32.2. The molecule has 0 spiro atoms.